The highest BCUT2D eigenvalue weighted by Crippen LogP contribution is 2.40. The molecule has 3 fully saturated rings. The molecule has 1 heterocycles. The van der Waals surface area contributed by atoms with Gasteiger partial charge in [0.2, 0.25) is 17.7 Å². The van der Waals surface area contributed by atoms with Gasteiger partial charge in [0.05, 0.1) is 12.6 Å². The van der Waals surface area contributed by atoms with E-state index in [0.29, 0.717) is 30.6 Å². The molecule has 9 heteroatoms. The number of allylic oxidation sites excluding steroid dienone is 5. The molecule has 0 aromatic heterocycles. The lowest BCUT2D eigenvalue weighted by molar-refractivity contribution is -0.136. The molecule has 9 nitrogen and oxygen atoms in total. The van der Waals surface area contributed by atoms with Gasteiger partial charge in [0.15, 0.2) is 0 Å². The predicted octanol–water partition coefficient (Wildman–Crippen LogP) is 6.12. The summed E-state index contributed by atoms with van der Waals surface area (Å²) in [5.74, 6) is 0.435. The quantitative estimate of drug-likeness (QED) is 0.0661. The number of rotatable bonds is 14. The molecule has 2 aliphatic carbocycles. The van der Waals surface area contributed by atoms with E-state index in [0.717, 1.165) is 37.8 Å². The third-order valence-corrected chi connectivity index (χ3v) is 7.47. The molecule has 44 heavy (non-hydrogen) atoms. The lowest BCUT2D eigenvalue weighted by Crippen LogP contribution is -2.45. The molecule has 0 radical (unpaired) electrons. The average molecular weight is 609 g/mol. The molecule has 3 amide bonds. The summed E-state index contributed by atoms with van der Waals surface area (Å²) in [6, 6.07) is 9.06. The summed E-state index contributed by atoms with van der Waals surface area (Å²) in [7, 11) is 0. The van der Waals surface area contributed by atoms with Crippen LogP contribution < -0.4 is 16.5 Å². The Morgan fingerprint density at radius 1 is 1.14 bits per heavy atom. The Morgan fingerprint density at radius 3 is 2.48 bits per heavy atom. The topological polar surface area (TPSA) is 134 Å². The lowest BCUT2D eigenvalue weighted by Gasteiger charge is -2.22. The van der Waals surface area contributed by atoms with E-state index < -0.39 is 11.9 Å². The highest BCUT2D eigenvalue weighted by molar-refractivity contribution is 5.89. The van der Waals surface area contributed by atoms with E-state index in [1.54, 1.807) is 24.0 Å². The number of unbranched alkanes of at least 4 members (excludes halogenated alkanes) is 3. The SMILES string of the molecule is C=C(/C=C\C)/C(O)=C\C.CCCCC/C=C\C1CC1C(=O)NOC1CC1.NC(=O)C1CCCN1C(=O)CNc1ccccc1. The minimum Gasteiger partial charge on any atom is -0.508 e. The van der Waals surface area contributed by atoms with Crippen molar-refractivity contribution in [2.24, 2.45) is 17.6 Å². The van der Waals surface area contributed by atoms with Crippen molar-refractivity contribution in [3.8, 4) is 0 Å². The number of para-hydroxylation sites is 1. The second-order valence-corrected chi connectivity index (χ2v) is 11.3. The Kier molecular flexibility index (Phi) is 16.7. The van der Waals surface area contributed by atoms with Crippen molar-refractivity contribution >= 4 is 23.4 Å². The molecule has 3 atom stereocenters. The molecule has 5 N–H and O–H groups in total. The first-order chi connectivity index (χ1) is 21.2. The van der Waals surface area contributed by atoms with Crippen molar-refractivity contribution in [2.45, 2.75) is 90.7 Å². The highest BCUT2D eigenvalue weighted by atomic mass is 16.7. The first-order valence-corrected chi connectivity index (χ1v) is 15.9. The van der Waals surface area contributed by atoms with Gasteiger partial charge in [-0.25, -0.2) is 5.48 Å². The van der Waals surface area contributed by atoms with Gasteiger partial charge in [-0.15, -0.1) is 0 Å². The van der Waals surface area contributed by atoms with Crippen LogP contribution >= 0.6 is 0 Å². The van der Waals surface area contributed by atoms with Crippen LogP contribution in [0.5, 0.6) is 0 Å². The van der Waals surface area contributed by atoms with Gasteiger partial charge in [0.1, 0.15) is 11.8 Å². The van der Waals surface area contributed by atoms with Crippen molar-refractivity contribution in [3.63, 3.8) is 0 Å². The second-order valence-electron chi connectivity index (χ2n) is 11.3. The number of primary amides is 1. The van der Waals surface area contributed by atoms with Gasteiger partial charge < -0.3 is 21.1 Å². The summed E-state index contributed by atoms with van der Waals surface area (Å²) in [5, 5.41) is 12.0. The number of benzene rings is 1. The second kappa shape index (κ2) is 20.2. The zero-order chi connectivity index (χ0) is 32.3. The first kappa shape index (κ1) is 36.3. The van der Waals surface area contributed by atoms with Gasteiger partial charge in [-0.3, -0.25) is 19.2 Å². The number of aliphatic hydroxyl groups is 1. The number of nitrogens with two attached hydrogens (primary N) is 1. The number of amides is 3. The molecule has 1 aromatic rings. The van der Waals surface area contributed by atoms with Crippen LogP contribution in [0.25, 0.3) is 0 Å². The summed E-state index contributed by atoms with van der Waals surface area (Å²) < 4.78 is 0. The zero-order valence-electron chi connectivity index (χ0n) is 26.7. The van der Waals surface area contributed by atoms with Gasteiger partial charge in [-0.1, -0.05) is 68.8 Å². The van der Waals surface area contributed by atoms with Crippen molar-refractivity contribution in [1.29, 1.82) is 0 Å². The molecule has 4 rings (SSSR count). The standard InChI is InChI=1S/C14H23NO2.C13H17N3O2.C8H12O/c1-2-3-4-5-6-7-11-10-13(11)14(16)15-17-12-8-9-12;14-13(18)11-7-4-8-16(11)12(17)9-15-10-5-2-1-3-6-10;1-4-6-7(3)8(9)5-2/h6-7,11-13H,2-5,8-10H2,1H3,(H,15,16);1-3,5-6,11,15H,4,7-9H2,(H2,14,18);4-6,9H,3H2,1-2H3/b7-6-;;6-4-,8-5+. The summed E-state index contributed by atoms with van der Waals surface area (Å²) in [6.07, 6.45) is 19.6. The maximum absolute atomic E-state index is 12.0. The lowest BCUT2D eigenvalue weighted by atomic mass is 10.2. The number of carbonyl (C=O) groups is 3. The summed E-state index contributed by atoms with van der Waals surface area (Å²) in [4.78, 5) is 41.6. The molecule has 242 valence electrons. The third kappa shape index (κ3) is 14.1. The number of hydroxylamine groups is 1. The number of hydrogen-bond donors (Lipinski definition) is 4. The van der Waals surface area contributed by atoms with Crippen LogP contribution in [0.1, 0.15) is 78.6 Å². The molecule has 0 spiro atoms. The number of aliphatic hydroxyl groups excluding tert-OH is 1. The number of nitrogens with zero attached hydrogens (tertiary/aromatic N) is 1. The molecule has 2 saturated carbocycles. The molecule has 1 saturated heterocycles. The van der Waals surface area contributed by atoms with E-state index in [1.165, 1.54) is 19.3 Å². The smallest absolute Gasteiger partial charge is 0.247 e. The monoisotopic (exact) mass is 608 g/mol. The highest BCUT2D eigenvalue weighted by Gasteiger charge is 2.41. The number of nitrogens with one attached hydrogen (secondary N) is 2. The van der Waals surface area contributed by atoms with Crippen LogP contribution in [0, 0.1) is 11.8 Å². The predicted molar refractivity (Wildman–Crippen MR) is 176 cm³/mol. The van der Waals surface area contributed by atoms with Crippen LogP contribution in [0.2, 0.25) is 0 Å². The molecule has 3 unspecified atom stereocenters. The fourth-order valence-corrected chi connectivity index (χ4v) is 4.58. The van der Waals surface area contributed by atoms with Crippen molar-refractivity contribution in [2.75, 3.05) is 18.4 Å². The van der Waals surface area contributed by atoms with Gasteiger partial charge in [-0.05, 0) is 82.9 Å². The van der Waals surface area contributed by atoms with Gasteiger partial charge in [0, 0.05) is 23.7 Å². The number of hydrogen-bond acceptors (Lipinski definition) is 6. The van der Waals surface area contributed by atoms with Gasteiger partial charge in [-0.2, -0.15) is 0 Å². The van der Waals surface area contributed by atoms with Crippen LogP contribution in [-0.2, 0) is 19.2 Å². The Balaban J connectivity index is 0.000000244. The summed E-state index contributed by atoms with van der Waals surface area (Å²) >= 11 is 0. The van der Waals surface area contributed by atoms with E-state index in [-0.39, 0.29) is 30.0 Å². The van der Waals surface area contributed by atoms with Crippen LogP contribution in [0.3, 0.4) is 0 Å². The van der Waals surface area contributed by atoms with E-state index >= 15 is 0 Å². The zero-order valence-corrected chi connectivity index (χ0v) is 26.7. The van der Waals surface area contributed by atoms with Crippen LogP contribution in [0.4, 0.5) is 5.69 Å². The first-order valence-electron chi connectivity index (χ1n) is 15.9. The van der Waals surface area contributed by atoms with E-state index in [2.05, 4.69) is 36.5 Å². The normalized spacial score (nSPS) is 20.8. The number of likely N-dealkylation sites (tertiary alicyclic amines) is 1. The number of anilines is 1. The summed E-state index contributed by atoms with van der Waals surface area (Å²) in [6.45, 7) is 10.3. The molecule has 0 bridgehead atoms. The van der Waals surface area contributed by atoms with E-state index in [9.17, 15) is 14.4 Å². The minimum absolute atomic E-state index is 0.0695. The van der Waals surface area contributed by atoms with Crippen LogP contribution in [0.15, 0.2) is 78.6 Å². The van der Waals surface area contributed by atoms with Crippen LogP contribution in [-0.4, -0.2) is 53.0 Å². The van der Waals surface area contributed by atoms with Crippen molar-refractivity contribution in [1.82, 2.24) is 10.4 Å². The fraction of sp³-hybridized carbons (Fsp3) is 0.514. The molecular weight excluding hydrogens is 556 g/mol. The Morgan fingerprint density at radius 2 is 1.86 bits per heavy atom. The minimum atomic E-state index is -0.435. The molecule has 1 aromatic carbocycles. The largest absolute Gasteiger partial charge is 0.508 e. The van der Waals surface area contributed by atoms with Gasteiger partial charge in [0.25, 0.3) is 0 Å². The molecule has 3 aliphatic rings. The molecule has 1 aliphatic heterocycles. The number of carbonyl (C=O) groups excluding carboxylic acids is 3. The fourth-order valence-electron chi connectivity index (χ4n) is 4.58. The van der Waals surface area contributed by atoms with Crippen molar-refractivity contribution < 1.29 is 24.3 Å². The third-order valence-electron chi connectivity index (χ3n) is 7.47. The van der Waals surface area contributed by atoms with Crippen molar-refractivity contribution in [3.05, 3.63) is 78.6 Å². The van der Waals surface area contributed by atoms with E-state index in [4.69, 9.17) is 15.7 Å². The maximum atomic E-state index is 12.0. The van der Waals surface area contributed by atoms with E-state index in [1.807, 2.05) is 43.3 Å². The Labute approximate surface area is 263 Å². The Bertz CT molecular complexity index is 1140. The maximum Gasteiger partial charge on any atom is 0.247 e. The average Bonchev–Trinajstić information content (AvgIpc) is 3.96. The van der Waals surface area contributed by atoms with Gasteiger partial charge >= 0.3 is 0 Å². The summed E-state index contributed by atoms with van der Waals surface area (Å²) in [5.41, 5.74) is 9.40. The Hall–Kier alpha value is -3.85. The molecular formula is C35H52N4O5.